The molecule has 9 heteroatoms. The van der Waals surface area contributed by atoms with Crippen molar-refractivity contribution in [3.63, 3.8) is 0 Å². The number of carbonyl (C=O) groups excluding carboxylic acids is 2. The Morgan fingerprint density at radius 1 is 0.971 bits per heavy atom. The number of hydrogen-bond acceptors (Lipinski definition) is 5. The van der Waals surface area contributed by atoms with Crippen molar-refractivity contribution >= 4 is 39.6 Å². The molecule has 2 aromatic heterocycles. The first-order valence-electron chi connectivity index (χ1n) is 11.7. The van der Waals surface area contributed by atoms with Gasteiger partial charge in [-0.25, -0.2) is 9.36 Å². The Bertz CT molecular complexity index is 1530. The van der Waals surface area contributed by atoms with Crippen LogP contribution in [-0.4, -0.2) is 34.0 Å². The van der Waals surface area contributed by atoms with Gasteiger partial charge in [0.05, 0.1) is 0 Å². The van der Waals surface area contributed by atoms with Crippen molar-refractivity contribution in [3.8, 4) is 0 Å². The van der Waals surface area contributed by atoms with E-state index in [9.17, 15) is 19.2 Å². The number of rotatable bonds is 6. The van der Waals surface area contributed by atoms with E-state index in [2.05, 4.69) is 5.32 Å². The molecule has 0 radical (unpaired) electrons. The number of amides is 2. The standard InChI is InChI=1S/C26H26N4O5/c1-28(18-11-3-2-4-12-18)22(32)16-29-23-19-13-7-8-14-20(19)35-24(23)25(33)30(26(29)34)15-21(31)27-17-9-5-6-10-17/h2-4,7-8,11-14,17H,5-6,9-10,15-16H2,1H3,(H,27,31). The average Bonchev–Trinajstić information content (AvgIpc) is 3.52. The molecule has 0 unspecified atom stereocenters. The van der Waals surface area contributed by atoms with E-state index in [4.69, 9.17) is 4.42 Å². The number of hydrogen-bond donors (Lipinski definition) is 1. The van der Waals surface area contributed by atoms with Crippen LogP contribution < -0.4 is 21.5 Å². The average molecular weight is 475 g/mol. The number of benzene rings is 2. The number of nitrogens with one attached hydrogen (secondary N) is 1. The van der Waals surface area contributed by atoms with E-state index < -0.39 is 23.7 Å². The van der Waals surface area contributed by atoms with Crippen LogP contribution in [0.4, 0.5) is 5.69 Å². The van der Waals surface area contributed by atoms with Crippen molar-refractivity contribution < 1.29 is 14.0 Å². The Balaban J connectivity index is 1.59. The van der Waals surface area contributed by atoms with E-state index >= 15 is 0 Å². The monoisotopic (exact) mass is 474 g/mol. The maximum atomic E-state index is 13.5. The summed E-state index contributed by atoms with van der Waals surface area (Å²) in [5, 5.41) is 3.45. The molecule has 1 N–H and O–H groups in total. The van der Waals surface area contributed by atoms with Crippen LogP contribution in [0.1, 0.15) is 25.7 Å². The van der Waals surface area contributed by atoms with E-state index in [0.29, 0.717) is 16.7 Å². The fourth-order valence-electron chi connectivity index (χ4n) is 4.71. The quantitative estimate of drug-likeness (QED) is 0.462. The maximum Gasteiger partial charge on any atom is 0.332 e. The van der Waals surface area contributed by atoms with Gasteiger partial charge in [0.25, 0.3) is 5.56 Å². The Labute approximate surface area is 200 Å². The molecule has 4 aromatic rings. The molecule has 35 heavy (non-hydrogen) atoms. The number of nitrogens with zero attached hydrogens (tertiary/aromatic N) is 3. The van der Waals surface area contributed by atoms with Crippen LogP contribution in [-0.2, 0) is 22.7 Å². The SMILES string of the molecule is CN(C(=O)Cn1c(=O)n(CC(=O)NC2CCCC2)c(=O)c2oc3ccccc3c21)c1ccccc1. The minimum Gasteiger partial charge on any atom is -0.449 e. The third-order valence-corrected chi connectivity index (χ3v) is 6.57. The number of fused-ring (bicyclic) bond motifs is 3. The number of carbonyl (C=O) groups is 2. The summed E-state index contributed by atoms with van der Waals surface area (Å²) in [6.07, 6.45) is 3.85. The fraction of sp³-hybridized carbons (Fsp3) is 0.308. The van der Waals surface area contributed by atoms with Gasteiger partial charge in [-0.3, -0.25) is 19.0 Å². The predicted molar refractivity (Wildman–Crippen MR) is 132 cm³/mol. The number of anilines is 1. The van der Waals surface area contributed by atoms with Crippen LogP contribution in [0, 0.1) is 0 Å². The van der Waals surface area contributed by atoms with E-state index in [-0.39, 0.29) is 29.6 Å². The molecule has 2 heterocycles. The van der Waals surface area contributed by atoms with Crippen molar-refractivity contribution in [3.05, 3.63) is 75.4 Å². The van der Waals surface area contributed by atoms with Gasteiger partial charge in [-0.2, -0.15) is 0 Å². The summed E-state index contributed by atoms with van der Waals surface area (Å²) in [5.74, 6) is -0.767. The van der Waals surface area contributed by atoms with Crippen LogP contribution in [0.5, 0.6) is 0 Å². The summed E-state index contributed by atoms with van der Waals surface area (Å²) >= 11 is 0. The molecule has 2 aromatic carbocycles. The lowest BCUT2D eigenvalue weighted by Crippen LogP contribution is -2.46. The first-order chi connectivity index (χ1) is 16.9. The van der Waals surface area contributed by atoms with Gasteiger partial charge in [-0.05, 0) is 37.1 Å². The molecule has 2 amide bonds. The molecule has 9 nitrogen and oxygen atoms in total. The Morgan fingerprint density at radius 3 is 2.40 bits per heavy atom. The minimum atomic E-state index is -0.731. The van der Waals surface area contributed by atoms with Crippen molar-refractivity contribution in [2.45, 2.75) is 44.8 Å². The Hall–Kier alpha value is -4.14. The molecule has 0 saturated heterocycles. The first kappa shape index (κ1) is 22.6. The number of aromatic nitrogens is 2. The highest BCUT2D eigenvalue weighted by Crippen LogP contribution is 2.26. The molecule has 0 aliphatic heterocycles. The zero-order valence-corrected chi connectivity index (χ0v) is 19.4. The van der Waals surface area contributed by atoms with Crippen molar-refractivity contribution in [1.82, 2.24) is 14.5 Å². The van der Waals surface area contributed by atoms with Crippen LogP contribution >= 0.6 is 0 Å². The lowest BCUT2D eigenvalue weighted by Gasteiger charge is -2.19. The normalized spacial score (nSPS) is 14.0. The van der Waals surface area contributed by atoms with Gasteiger partial charge in [0.15, 0.2) is 0 Å². The molecule has 1 aliphatic rings. The Morgan fingerprint density at radius 2 is 1.66 bits per heavy atom. The molecule has 5 rings (SSSR count). The smallest absolute Gasteiger partial charge is 0.332 e. The fourth-order valence-corrected chi connectivity index (χ4v) is 4.71. The number of likely N-dealkylation sites (N-methyl/N-ethyl adjacent to an activating group) is 1. The van der Waals surface area contributed by atoms with Crippen LogP contribution in [0.15, 0.2) is 68.6 Å². The summed E-state index contributed by atoms with van der Waals surface area (Å²) in [7, 11) is 1.62. The Kier molecular flexibility index (Phi) is 5.98. The highest BCUT2D eigenvalue weighted by Gasteiger charge is 2.24. The van der Waals surface area contributed by atoms with Gasteiger partial charge >= 0.3 is 5.69 Å². The number of para-hydroxylation sites is 2. The zero-order valence-electron chi connectivity index (χ0n) is 19.4. The molecule has 0 spiro atoms. The topological polar surface area (TPSA) is 107 Å². The van der Waals surface area contributed by atoms with Crippen LogP contribution in [0.2, 0.25) is 0 Å². The second-order valence-electron chi connectivity index (χ2n) is 8.87. The molecular weight excluding hydrogens is 448 g/mol. The summed E-state index contributed by atoms with van der Waals surface area (Å²) < 4.78 is 7.89. The molecule has 1 fully saturated rings. The third kappa shape index (κ3) is 4.25. The molecular formula is C26H26N4O5. The molecule has 180 valence electrons. The van der Waals surface area contributed by atoms with Crippen molar-refractivity contribution in [2.24, 2.45) is 0 Å². The van der Waals surface area contributed by atoms with Gasteiger partial charge in [0.2, 0.25) is 17.4 Å². The maximum absolute atomic E-state index is 13.5. The van der Waals surface area contributed by atoms with E-state index in [1.165, 1.54) is 9.47 Å². The first-order valence-corrected chi connectivity index (χ1v) is 11.7. The highest BCUT2D eigenvalue weighted by molar-refractivity contribution is 6.03. The summed E-state index contributed by atoms with van der Waals surface area (Å²) in [5.41, 5.74) is -0.145. The van der Waals surface area contributed by atoms with E-state index in [1.54, 1.807) is 43.4 Å². The van der Waals surface area contributed by atoms with Crippen molar-refractivity contribution in [2.75, 3.05) is 11.9 Å². The van der Waals surface area contributed by atoms with Crippen LogP contribution in [0.3, 0.4) is 0 Å². The van der Waals surface area contributed by atoms with Gasteiger partial charge < -0.3 is 14.6 Å². The summed E-state index contributed by atoms with van der Waals surface area (Å²) in [6.45, 7) is -0.765. The minimum absolute atomic E-state index is 0.0523. The number of furan rings is 1. The van der Waals surface area contributed by atoms with Gasteiger partial charge in [-0.1, -0.05) is 43.2 Å². The molecule has 0 bridgehead atoms. The summed E-state index contributed by atoms with van der Waals surface area (Å²) in [6, 6.07) is 16.1. The predicted octanol–water partition coefficient (Wildman–Crippen LogP) is 2.63. The van der Waals surface area contributed by atoms with Gasteiger partial charge in [-0.15, -0.1) is 0 Å². The van der Waals surface area contributed by atoms with Gasteiger partial charge in [0.1, 0.15) is 24.2 Å². The van der Waals surface area contributed by atoms with E-state index in [0.717, 1.165) is 30.3 Å². The largest absolute Gasteiger partial charge is 0.449 e. The lowest BCUT2D eigenvalue weighted by molar-refractivity contribution is -0.122. The van der Waals surface area contributed by atoms with Crippen LogP contribution in [0.25, 0.3) is 22.1 Å². The molecule has 1 saturated carbocycles. The van der Waals surface area contributed by atoms with E-state index in [1.807, 2.05) is 18.2 Å². The summed E-state index contributed by atoms with van der Waals surface area (Å²) in [4.78, 5) is 54.1. The second-order valence-corrected chi connectivity index (χ2v) is 8.87. The molecule has 0 atom stereocenters. The lowest BCUT2D eigenvalue weighted by atomic mass is 10.2. The highest BCUT2D eigenvalue weighted by atomic mass is 16.3. The zero-order chi connectivity index (χ0) is 24.5. The molecule has 1 aliphatic carbocycles. The second kappa shape index (κ2) is 9.25. The third-order valence-electron chi connectivity index (χ3n) is 6.57. The van der Waals surface area contributed by atoms with Crippen molar-refractivity contribution in [1.29, 1.82) is 0 Å². The van der Waals surface area contributed by atoms with Gasteiger partial charge in [0, 0.05) is 24.2 Å².